The molecule has 0 bridgehead atoms. The maximum atomic E-state index is 9.28. The Balaban J connectivity index is 1.21. The van der Waals surface area contributed by atoms with Crippen LogP contribution in [0.25, 0.3) is 11.1 Å². The van der Waals surface area contributed by atoms with Gasteiger partial charge in [-0.15, -0.1) is 0 Å². The highest BCUT2D eigenvalue weighted by atomic mass is 15.2. The van der Waals surface area contributed by atoms with E-state index < -0.39 is 6.85 Å². The van der Waals surface area contributed by atoms with E-state index in [1.54, 1.807) is 0 Å². The molecule has 360 valence electrons. The molecular formula is C67H79BN2. The van der Waals surface area contributed by atoms with Crippen molar-refractivity contribution in [1.82, 2.24) is 0 Å². The molecule has 70 heavy (non-hydrogen) atoms. The second-order valence-corrected chi connectivity index (χ2v) is 28.5. The van der Waals surface area contributed by atoms with Crippen LogP contribution in [0.2, 0.25) is 0 Å². The average Bonchev–Trinajstić information content (AvgIpc) is 3.63. The van der Waals surface area contributed by atoms with Crippen molar-refractivity contribution in [3.8, 4) is 11.1 Å². The van der Waals surface area contributed by atoms with Crippen molar-refractivity contribution in [3.63, 3.8) is 0 Å². The number of benzene rings is 6. The molecule has 0 radical (unpaired) electrons. The molecule has 6 aromatic carbocycles. The minimum Gasteiger partial charge on any atom is -0.311 e. The highest BCUT2D eigenvalue weighted by Crippen LogP contribution is 2.57. The molecule has 4 aliphatic carbocycles. The van der Waals surface area contributed by atoms with Crippen LogP contribution in [0.15, 0.2) is 91.0 Å². The van der Waals surface area contributed by atoms with Crippen molar-refractivity contribution in [3.05, 3.63) is 147 Å². The first kappa shape index (κ1) is 42.6. The molecule has 0 aromatic heterocycles. The molecule has 12 rings (SSSR count). The highest BCUT2D eigenvalue weighted by molar-refractivity contribution is 7.00. The molecular weight excluding hydrogens is 844 g/mol. The van der Waals surface area contributed by atoms with Crippen molar-refractivity contribution in [2.75, 3.05) is 9.80 Å². The van der Waals surface area contributed by atoms with Crippen molar-refractivity contribution in [2.45, 2.75) is 200 Å². The summed E-state index contributed by atoms with van der Waals surface area (Å²) in [5.74, 6) is 0. The molecule has 0 fully saturated rings. The smallest absolute Gasteiger partial charge is 0.252 e. The lowest BCUT2D eigenvalue weighted by atomic mass is 9.33. The Kier molecular flexibility index (Phi) is 8.49. The summed E-state index contributed by atoms with van der Waals surface area (Å²) in [4.78, 5) is 5.00. The van der Waals surface area contributed by atoms with Gasteiger partial charge in [0.05, 0.1) is 0 Å². The summed E-state index contributed by atoms with van der Waals surface area (Å²) < 4.78 is 27.8. The van der Waals surface area contributed by atoms with Gasteiger partial charge in [-0.3, -0.25) is 0 Å². The fraction of sp³-hybridized carbons (Fsp3) is 0.463. The van der Waals surface area contributed by atoms with Crippen molar-refractivity contribution in [2.24, 2.45) is 0 Å². The molecule has 2 aliphatic heterocycles. The lowest BCUT2D eigenvalue weighted by Gasteiger charge is -2.48. The van der Waals surface area contributed by atoms with Crippen LogP contribution in [-0.2, 0) is 43.3 Å². The zero-order valence-corrected chi connectivity index (χ0v) is 45.7. The number of aryl methyl sites for hydroxylation is 1. The van der Waals surface area contributed by atoms with Gasteiger partial charge in [0.25, 0.3) is 6.71 Å². The summed E-state index contributed by atoms with van der Waals surface area (Å²) in [5, 5.41) is 0. The zero-order chi connectivity index (χ0) is 52.5. The third-order valence-electron chi connectivity index (χ3n) is 19.4. The Bertz CT molecular complexity index is 3400. The number of fused-ring (bicyclic) bond motifs is 10. The molecule has 0 amide bonds. The summed E-state index contributed by atoms with van der Waals surface area (Å²) in [6.45, 7) is 38.3. The Labute approximate surface area is 427 Å². The number of nitrogens with zero attached hydrogens (tertiary/aromatic N) is 2. The van der Waals surface area contributed by atoms with Gasteiger partial charge in [-0.1, -0.05) is 160 Å². The summed E-state index contributed by atoms with van der Waals surface area (Å²) in [5.41, 5.74) is 25.4. The Morgan fingerprint density at radius 3 is 1.41 bits per heavy atom. The first-order chi connectivity index (χ1) is 33.6. The quantitative estimate of drug-likeness (QED) is 0.159. The van der Waals surface area contributed by atoms with Gasteiger partial charge in [0.2, 0.25) is 0 Å². The van der Waals surface area contributed by atoms with Crippen LogP contribution < -0.4 is 26.2 Å². The van der Waals surface area contributed by atoms with Gasteiger partial charge < -0.3 is 9.80 Å². The van der Waals surface area contributed by atoms with Gasteiger partial charge in [-0.2, -0.15) is 0 Å². The van der Waals surface area contributed by atoms with E-state index in [0.29, 0.717) is 5.56 Å². The normalized spacial score (nSPS) is 22.2. The first-order valence-electron chi connectivity index (χ1n) is 28.3. The fourth-order valence-electron chi connectivity index (χ4n) is 15.1. The van der Waals surface area contributed by atoms with Gasteiger partial charge in [0.1, 0.15) is 0 Å². The lowest BCUT2D eigenvalue weighted by Crippen LogP contribution is -2.62. The SMILES string of the molecule is [2H]C([2H])([2H])c1cc2c3c(c1)N(c1ccc4c(c1)-c1ccc(C(C)(C)C)cc1C4(C)C)c1cc4c(cc1B3c1cc3c(cc1N2c1ccc2c(c1)C(C)(C)CCC2(C)C)C(C)(C)CCC3(C)C)C(C)(C)CC4(C)C. The molecule has 0 spiro atoms. The second kappa shape index (κ2) is 13.9. The summed E-state index contributed by atoms with van der Waals surface area (Å²) in [6, 6.07) is 36.0. The Hall–Kier alpha value is -5.02. The minimum atomic E-state index is -2.36. The molecule has 2 heterocycles. The van der Waals surface area contributed by atoms with E-state index >= 15 is 0 Å². The molecule has 0 N–H and O–H groups in total. The van der Waals surface area contributed by atoms with E-state index in [1.165, 1.54) is 83.3 Å². The van der Waals surface area contributed by atoms with Crippen LogP contribution in [0, 0.1) is 6.85 Å². The number of hydrogen-bond acceptors (Lipinski definition) is 2. The van der Waals surface area contributed by atoms with Crippen molar-refractivity contribution in [1.29, 1.82) is 0 Å². The van der Waals surface area contributed by atoms with Crippen LogP contribution in [0.5, 0.6) is 0 Å². The van der Waals surface area contributed by atoms with Crippen LogP contribution >= 0.6 is 0 Å². The fourth-order valence-corrected chi connectivity index (χ4v) is 15.1. The predicted molar refractivity (Wildman–Crippen MR) is 303 cm³/mol. The van der Waals surface area contributed by atoms with Crippen LogP contribution in [0.4, 0.5) is 34.1 Å². The Morgan fingerprint density at radius 1 is 0.429 bits per heavy atom. The molecule has 0 atom stereocenters. The van der Waals surface area contributed by atoms with E-state index in [2.05, 4.69) is 218 Å². The first-order valence-corrected chi connectivity index (χ1v) is 26.8. The predicted octanol–water partition coefficient (Wildman–Crippen LogP) is 16.3. The van der Waals surface area contributed by atoms with Gasteiger partial charge in [0, 0.05) is 43.7 Å². The van der Waals surface area contributed by atoms with Crippen molar-refractivity contribution >= 4 is 57.2 Å². The Morgan fingerprint density at radius 2 is 0.886 bits per heavy atom. The van der Waals surface area contributed by atoms with Gasteiger partial charge in [0.15, 0.2) is 0 Å². The highest BCUT2D eigenvalue weighted by Gasteiger charge is 2.50. The third-order valence-corrected chi connectivity index (χ3v) is 19.4. The van der Waals surface area contributed by atoms with Crippen LogP contribution in [0.1, 0.15) is 210 Å². The van der Waals surface area contributed by atoms with Crippen molar-refractivity contribution < 1.29 is 4.11 Å². The van der Waals surface area contributed by atoms with E-state index in [9.17, 15) is 4.11 Å². The second-order valence-electron chi connectivity index (χ2n) is 28.5. The molecule has 2 nitrogen and oxygen atoms in total. The van der Waals surface area contributed by atoms with E-state index in [-0.39, 0.29) is 50.0 Å². The topological polar surface area (TPSA) is 6.48 Å². The van der Waals surface area contributed by atoms with E-state index in [4.69, 9.17) is 0 Å². The number of rotatable bonds is 2. The molecule has 3 heteroatoms. The average molecular weight is 926 g/mol. The van der Waals surface area contributed by atoms with Gasteiger partial charge in [-0.05, 0) is 209 Å². The molecule has 6 aliphatic rings. The summed E-state index contributed by atoms with van der Waals surface area (Å²) >= 11 is 0. The maximum Gasteiger partial charge on any atom is 0.252 e. The van der Waals surface area contributed by atoms with Crippen LogP contribution in [-0.4, -0.2) is 6.71 Å². The molecule has 0 unspecified atom stereocenters. The largest absolute Gasteiger partial charge is 0.311 e. The standard InChI is InChI=1S/C67H79BN2/c1-39-29-57-59-58(30-39)70(42-21-24-46-48(33-42)62(7,8)26-25-61(46,5)6)55-36-51-49(63(9,10)27-28-64(51,11)12)34-53(55)68(59)54-35-50-52(66(15,16)38-65(50,13)14)37-56(54)69(57)41-20-23-45-44(32-41)43-22-19-40(60(2,3)4)31-47(43)67(45,17)18/h19-24,29-37H,25-28,38H2,1-18H3/i1D3. The summed E-state index contributed by atoms with van der Waals surface area (Å²) in [7, 11) is 0. The van der Waals surface area contributed by atoms with E-state index in [1.807, 2.05) is 0 Å². The van der Waals surface area contributed by atoms with E-state index in [0.717, 1.165) is 60.5 Å². The molecule has 0 saturated carbocycles. The minimum absolute atomic E-state index is 0.0179. The number of hydrogen-bond donors (Lipinski definition) is 0. The third kappa shape index (κ3) is 6.30. The maximum absolute atomic E-state index is 9.28. The monoisotopic (exact) mass is 926 g/mol. The number of anilines is 6. The molecule has 6 aromatic rings. The zero-order valence-electron chi connectivity index (χ0n) is 48.7. The lowest BCUT2D eigenvalue weighted by molar-refractivity contribution is 0.332. The van der Waals surface area contributed by atoms with Crippen LogP contribution in [0.3, 0.4) is 0 Å². The van der Waals surface area contributed by atoms with Gasteiger partial charge >= 0.3 is 0 Å². The van der Waals surface area contributed by atoms with Gasteiger partial charge in [-0.25, -0.2) is 0 Å². The summed E-state index contributed by atoms with van der Waals surface area (Å²) in [6.07, 6.45) is 5.53. The molecule has 0 saturated heterocycles.